The molecule has 0 aromatic carbocycles. The zero-order chi connectivity index (χ0) is 14.8. The molecule has 0 amide bonds. The van der Waals surface area contributed by atoms with Crippen LogP contribution in [0.5, 0.6) is 0 Å². The van der Waals surface area contributed by atoms with Gasteiger partial charge in [-0.15, -0.1) is 0 Å². The van der Waals surface area contributed by atoms with Crippen LogP contribution in [0.1, 0.15) is 32.9 Å². The van der Waals surface area contributed by atoms with Gasteiger partial charge in [-0.25, -0.2) is 9.97 Å². The molecule has 3 heterocycles. The van der Waals surface area contributed by atoms with Gasteiger partial charge in [-0.3, -0.25) is 4.98 Å². The van der Waals surface area contributed by atoms with Crippen molar-refractivity contribution in [3.05, 3.63) is 36.3 Å². The predicted molar refractivity (Wildman–Crippen MR) is 85.2 cm³/mol. The molecule has 0 bridgehead atoms. The second-order valence-corrected chi connectivity index (χ2v) is 5.83. The lowest BCUT2D eigenvalue weighted by molar-refractivity contribution is 0.544. The largest absolute Gasteiger partial charge is 0.354 e. The molecule has 110 valence electrons. The zero-order valence-electron chi connectivity index (χ0n) is 13.0. The van der Waals surface area contributed by atoms with E-state index in [2.05, 4.69) is 41.7 Å². The molecule has 3 rings (SSSR count). The Hall–Kier alpha value is -1.97. The van der Waals surface area contributed by atoms with Crippen LogP contribution in [0.25, 0.3) is 11.4 Å². The van der Waals surface area contributed by atoms with Gasteiger partial charge in [-0.2, -0.15) is 0 Å². The summed E-state index contributed by atoms with van der Waals surface area (Å²) in [7, 11) is 0. The molecule has 21 heavy (non-hydrogen) atoms. The fraction of sp³-hybridized carbons (Fsp3) is 0.471. The number of aryl methyl sites for hydroxylation is 1. The van der Waals surface area contributed by atoms with Crippen LogP contribution in [-0.4, -0.2) is 27.5 Å². The van der Waals surface area contributed by atoms with Crippen LogP contribution in [0.3, 0.4) is 0 Å². The Morgan fingerprint density at radius 2 is 1.95 bits per heavy atom. The Bertz CT molecular complexity index is 611. The van der Waals surface area contributed by atoms with Crippen molar-refractivity contribution < 1.29 is 0 Å². The minimum Gasteiger partial charge on any atom is -0.354 e. The van der Waals surface area contributed by atoms with E-state index >= 15 is 0 Å². The van der Waals surface area contributed by atoms with Gasteiger partial charge in [0.15, 0.2) is 5.82 Å². The van der Waals surface area contributed by atoms with Gasteiger partial charge in [0.1, 0.15) is 5.82 Å². The van der Waals surface area contributed by atoms with E-state index in [-0.39, 0.29) is 0 Å². The highest BCUT2D eigenvalue weighted by atomic mass is 15.2. The number of hydrogen-bond donors (Lipinski definition) is 0. The van der Waals surface area contributed by atoms with Crippen LogP contribution in [0, 0.1) is 5.92 Å². The fourth-order valence-corrected chi connectivity index (χ4v) is 2.86. The normalized spacial score (nSPS) is 21.8. The highest BCUT2D eigenvalue weighted by Crippen LogP contribution is 2.29. The Morgan fingerprint density at radius 1 is 1.19 bits per heavy atom. The van der Waals surface area contributed by atoms with Crippen molar-refractivity contribution in [2.45, 2.75) is 39.7 Å². The van der Waals surface area contributed by atoms with E-state index in [1.54, 1.807) is 12.4 Å². The SMILES string of the molecule is CCc1cc(N2CCC(C)C2C)nc(-c2ccncc2)n1. The molecule has 0 radical (unpaired) electrons. The van der Waals surface area contributed by atoms with Crippen LogP contribution >= 0.6 is 0 Å². The van der Waals surface area contributed by atoms with Gasteiger partial charge in [0.2, 0.25) is 0 Å². The second kappa shape index (κ2) is 5.80. The summed E-state index contributed by atoms with van der Waals surface area (Å²) < 4.78 is 0. The van der Waals surface area contributed by atoms with Gasteiger partial charge in [-0.1, -0.05) is 13.8 Å². The van der Waals surface area contributed by atoms with E-state index in [9.17, 15) is 0 Å². The van der Waals surface area contributed by atoms with E-state index in [0.717, 1.165) is 41.8 Å². The van der Waals surface area contributed by atoms with Crippen LogP contribution in [0.4, 0.5) is 5.82 Å². The van der Waals surface area contributed by atoms with Gasteiger partial charge >= 0.3 is 0 Å². The molecule has 0 spiro atoms. The molecule has 0 N–H and O–H groups in total. The van der Waals surface area contributed by atoms with Crippen LogP contribution in [0.2, 0.25) is 0 Å². The maximum Gasteiger partial charge on any atom is 0.161 e. The fourth-order valence-electron chi connectivity index (χ4n) is 2.86. The molecular formula is C17H22N4. The maximum atomic E-state index is 4.81. The van der Waals surface area contributed by atoms with Gasteiger partial charge in [0.25, 0.3) is 0 Å². The lowest BCUT2D eigenvalue weighted by Gasteiger charge is -2.25. The summed E-state index contributed by atoms with van der Waals surface area (Å²) in [5.74, 6) is 2.58. The average Bonchev–Trinajstić information content (AvgIpc) is 2.87. The van der Waals surface area contributed by atoms with Crippen molar-refractivity contribution in [1.29, 1.82) is 0 Å². The number of rotatable bonds is 3. The minimum atomic E-state index is 0.537. The lowest BCUT2D eigenvalue weighted by atomic mass is 10.1. The summed E-state index contributed by atoms with van der Waals surface area (Å²) in [6.45, 7) is 7.82. The molecule has 2 aromatic heterocycles. The molecule has 1 saturated heterocycles. The minimum absolute atomic E-state index is 0.537. The molecule has 1 fully saturated rings. The van der Waals surface area contributed by atoms with Crippen LogP contribution < -0.4 is 4.90 Å². The van der Waals surface area contributed by atoms with E-state index in [4.69, 9.17) is 4.98 Å². The standard InChI is InChI=1S/C17H22N4/c1-4-15-11-16(21-10-7-12(2)13(21)3)20-17(19-15)14-5-8-18-9-6-14/h5-6,8-9,11-13H,4,7,10H2,1-3H3. The smallest absolute Gasteiger partial charge is 0.161 e. The quantitative estimate of drug-likeness (QED) is 0.866. The third-order valence-corrected chi connectivity index (χ3v) is 4.50. The summed E-state index contributed by atoms with van der Waals surface area (Å²) in [5.41, 5.74) is 2.13. The molecule has 0 aliphatic carbocycles. The van der Waals surface area contributed by atoms with Gasteiger partial charge in [0.05, 0.1) is 0 Å². The second-order valence-electron chi connectivity index (χ2n) is 5.83. The number of hydrogen-bond acceptors (Lipinski definition) is 4. The van der Waals surface area contributed by atoms with Crippen molar-refractivity contribution in [2.75, 3.05) is 11.4 Å². The highest BCUT2D eigenvalue weighted by molar-refractivity contribution is 5.57. The first-order valence-electron chi connectivity index (χ1n) is 7.74. The molecular weight excluding hydrogens is 260 g/mol. The van der Waals surface area contributed by atoms with Gasteiger partial charge < -0.3 is 4.90 Å². The number of aromatic nitrogens is 3. The molecule has 2 unspecified atom stereocenters. The number of anilines is 1. The van der Waals surface area contributed by atoms with Crippen molar-refractivity contribution in [3.63, 3.8) is 0 Å². The highest BCUT2D eigenvalue weighted by Gasteiger charge is 2.28. The van der Waals surface area contributed by atoms with Gasteiger partial charge in [-0.05, 0) is 37.8 Å². The van der Waals surface area contributed by atoms with Crippen molar-refractivity contribution in [2.24, 2.45) is 5.92 Å². The van der Waals surface area contributed by atoms with Crippen LogP contribution in [-0.2, 0) is 6.42 Å². The first kappa shape index (κ1) is 14.0. The zero-order valence-corrected chi connectivity index (χ0v) is 13.0. The molecule has 2 atom stereocenters. The number of nitrogens with zero attached hydrogens (tertiary/aromatic N) is 4. The first-order chi connectivity index (χ1) is 10.2. The molecule has 4 heteroatoms. The predicted octanol–water partition coefficient (Wildman–Crippen LogP) is 3.34. The Kier molecular flexibility index (Phi) is 3.86. The third-order valence-electron chi connectivity index (χ3n) is 4.50. The van der Waals surface area contributed by atoms with E-state index in [1.807, 2.05) is 12.1 Å². The van der Waals surface area contributed by atoms with Crippen molar-refractivity contribution in [3.8, 4) is 11.4 Å². The lowest BCUT2D eigenvalue weighted by Crippen LogP contribution is -2.30. The van der Waals surface area contributed by atoms with Crippen LogP contribution in [0.15, 0.2) is 30.6 Å². The van der Waals surface area contributed by atoms with Gasteiger partial charge in [0, 0.05) is 42.3 Å². The summed E-state index contributed by atoms with van der Waals surface area (Å²) in [4.78, 5) is 16.0. The molecule has 1 aliphatic heterocycles. The topological polar surface area (TPSA) is 41.9 Å². The summed E-state index contributed by atoms with van der Waals surface area (Å²) in [5, 5.41) is 0. The number of pyridine rings is 1. The van der Waals surface area contributed by atoms with E-state index < -0.39 is 0 Å². The molecule has 4 nitrogen and oxygen atoms in total. The third kappa shape index (κ3) is 2.75. The Morgan fingerprint density at radius 3 is 2.57 bits per heavy atom. The summed E-state index contributed by atoms with van der Waals surface area (Å²) >= 11 is 0. The Labute approximate surface area is 126 Å². The first-order valence-corrected chi connectivity index (χ1v) is 7.74. The van der Waals surface area contributed by atoms with Crippen molar-refractivity contribution >= 4 is 5.82 Å². The molecule has 2 aromatic rings. The van der Waals surface area contributed by atoms with E-state index in [0.29, 0.717) is 6.04 Å². The Balaban J connectivity index is 2.02. The molecule has 1 aliphatic rings. The summed E-state index contributed by atoms with van der Waals surface area (Å²) in [6.07, 6.45) is 5.73. The maximum absolute atomic E-state index is 4.81. The average molecular weight is 282 g/mol. The molecule has 0 saturated carbocycles. The monoisotopic (exact) mass is 282 g/mol. The summed E-state index contributed by atoms with van der Waals surface area (Å²) in [6, 6.07) is 6.61. The van der Waals surface area contributed by atoms with E-state index in [1.165, 1.54) is 6.42 Å². The van der Waals surface area contributed by atoms with Crippen molar-refractivity contribution in [1.82, 2.24) is 15.0 Å².